The molecule has 0 spiro atoms. The van der Waals surface area contributed by atoms with Crippen molar-refractivity contribution in [3.63, 3.8) is 0 Å². The van der Waals surface area contributed by atoms with E-state index in [4.69, 9.17) is 12.2 Å². The fraction of sp³-hybridized carbons (Fsp3) is 0.263. The van der Waals surface area contributed by atoms with Gasteiger partial charge in [-0.05, 0) is 29.8 Å². The Hall–Kier alpha value is -2.20. The van der Waals surface area contributed by atoms with Crippen LogP contribution < -0.4 is 5.32 Å². The first-order chi connectivity index (χ1) is 11.2. The van der Waals surface area contributed by atoms with E-state index in [1.54, 1.807) is 0 Å². The van der Waals surface area contributed by atoms with Gasteiger partial charge in [0.1, 0.15) is 0 Å². The Morgan fingerprint density at radius 3 is 2.26 bits per heavy atom. The van der Waals surface area contributed by atoms with Crippen LogP contribution in [-0.4, -0.2) is 22.5 Å². The molecule has 1 heterocycles. The topological polar surface area (TPSA) is 32.3 Å². The third kappa shape index (κ3) is 2.75. The summed E-state index contributed by atoms with van der Waals surface area (Å²) in [6.07, 6.45) is 1.53. The van der Waals surface area contributed by atoms with E-state index in [-0.39, 0.29) is 5.91 Å². The highest BCUT2D eigenvalue weighted by Gasteiger charge is 2.51. The Morgan fingerprint density at radius 2 is 1.65 bits per heavy atom. The molecular weight excluding hydrogens is 304 g/mol. The van der Waals surface area contributed by atoms with Crippen LogP contribution in [0.15, 0.2) is 60.7 Å². The lowest BCUT2D eigenvalue weighted by atomic mass is 9.82. The molecule has 0 aromatic heterocycles. The van der Waals surface area contributed by atoms with Gasteiger partial charge in [-0.3, -0.25) is 4.79 Å². The van der Waals surface area contributed by atoms with Crippen LogP contribution >= 0.6 is 12.2 Å². The van der Waals surface area contributed by atoms with Crippen LogP contribution in [-0.2, 0) is 16.8 Å². The molecule has 1 unspecified atom stereocenters. The van der Waals surface area contributed by atoms with Crippen LogP contribution in [0, 0.1) is 0 Å². The molecule has 0 bridgehead atoms. The van der Waals surface area contributed by atoms with Gasteiger partial charge in [-0.15, -0.1) is 0 Å². The minimum absolute atomic E-state index is 0.0361. The molecule has 118 valence electrons. The maximum Gasteiger partial charge on any atom is 0.257 e. The van der Waals surface area contributed by atoms with E-state index in [9.17, 15) is 4.79 Å². The summed E-state index contributed by atoms with van der Waals surface area (Å²) in [5, 5.41) is 3.40. The summed E-state index contributed by atoms with van der Waals surface area (Å²) in [6.45, 7) is 2.85. The number of thiocarbonyl (C=S) groups is 1. The van der Waals surface area contributed by atoms with Crippen molar-refractivity contribution in [2.45, 2.75) is 25.3 Å². The molecule has 23 heavy (non-hydrogen) atoms. The molecule has 3 rings (SSSR count). The minimum Gasteiger partial charge on any atom is -0.330 e. The molecule has 1 aliphatic rings. The highest BCUT2D eigenvalue weighted by atomic mass is 32.1. The second-order valence-corrected chi connectivity index (χ2v) is 6.19. The van der Waals surface area contributed by atoms with Crippen molar-refractivity contribution >= 4 is 23.2 Å². The highest BCUT2D eigenvalue weighted by molar-refractivity contribution is 7.80. The number of nitrogens with zero attached hydrogens (tertiary/aromatic N) is 1. The number of amides is 1. The zero-order valence-electron chi connectivity index (χ0n) is 13.2. The van der Waals surface area contributed by atoms with Crippen LogP contribution in [0.5, 0.6) is 0 Å². The van der Waals surface area contributed by atoms with Gasteiger partial charge in [-0.2, -0.15) is 0 Å². The second-order valence-electron chi connectivity index (χ2n) is 5.80. The zero-order chi connectivity index (χ0) is 16.3. The predicted octanol–water partition coefficient (Wildman–Crippen LogP) is 3.25. The number of carbonyl (C=O) groups is 1. The summed E-state index contributed by atoms with van der Waals surface area (Å²) >= 11 is 5.44. The third-order valence-electron chi connectivity index (χ3n) is 4.30. The van der Waals surface area contributed by atoms with Gasteiger partial charge in [0.15, 0.2) is 10.7 Å². The fourth-order valence-corrected chi connectivity index (χ4v) is 3.59. The Labute approximate surface area is 142 Å². The van der Waals surface area contributed by atoms with Crippen molar-refractivity contribution < 1.29 is 4.79 Å². The lowest BCUT2D eigenvalue weighted by molar-refractivity contribution is -0.127. The molecule has 0 radical (unpaired) electrons. The van der Waals surface area contributed by atoms with Crippen molar-refractivity contribution in [3.05, 3.63) is 71.8 Å². The number of rotatable bonds is 5. The average Bonchev–Trinajstić information content (AvgIpc) is 2.81. The first-order valence-electron chi connectivity index (χ1n) is 7.91. The molecule has 4 heteroatoms. The molecule has 1 saturated heterocycles. The average molecular weight is 324 g/mol. The molecule has 1 fully saturated rings. The second kappa shape index (κ2) is 6.50. The highest BCUT2D eigenvalue weighted by Crippen LogP contribution is 2.37. The van der Waals surface area contributed by atoms with Gasteiger partial charge in [-0.25, -0.2) is 0 Å². The maximum atomic E-state index is 13.0. The Kier molecular flexibility index (Phi) is 4.44. The number of carbonyl (C=O) groups excluding carboxylic acids is 1. The number of benzene rings is 2. The predicted molar refractivity (Wildman–Crippen MR) is 96.0 cm³/mol. The molecule has 1 N–H and O–H groups in total. The first kappa shape index (κ1) is 15.7. The van der Waals surface area contributed by atoms with Crippen LogP contribution in [0.2, 0.25) is 0 Å². The summed E-state index contributed by atoms with van der Waals surface area (Å²) in [6, 6.07) is 20.1. The van der Waals surface area contributed by atoms with E-state index in [1.165, 1.54) is 0 Å². The molecule has 1 atom stereocenters. The standard InChI is InChI=1S/C19H20N2OS/c1-2-13-21-18(23)20-17(22)19(21,16-11-7-4-8-12-16)14-15-9-5-3-6-10-15/h3-12H,2,13-14H2,1H3,(H,20,22,23). The van der Waals surface area contributed by atoms with Gasteiger partial charge in [0, 0.05) is 13.0 Å². The molecular formula is C19H20N2OS. The van der Waals surface area contributed by atoms with Gasteiger partial charge in [-0.1, -0.05) is 67.6 Å². The molecule has 2 aromatic rings. The van der Waals surface area contributed by atoms with Gasteiger partial charge in [0.25, 0.3) is 5.91 Å². The van der Waals surface area contributed by atoms with E-state index in [2.05, 4.69) is 24.4 Å². The van der Waals surface area contributed by atoms with Crippen molar-refractivity contribution in [1.82, 2.24) is 10.2 Å². The summed E-state index contributed by atoms with van der Waals surface area (Å²) in [5.41, 5.74) is 1.34. The van der Waals surface area contributed by atoms with Crippen molar-refractivity contribution in [1.29, 1.82) is 0 Å². The molecule has 2 aromatic carbocycles. The van der Waals surface area contributed by atoms with E-state index < -0.39 is 5.54 Å². The minimum atomic E-state index is -0.768. The van der Waals surface area contributed by atoms with E-state index in [1.807, 2.05) is 53.4 Å². The van der Waals surface area contributed by atoms with E-state index >= 15 is 0 Å². The zero-order valence-corrected chi connectivity index (χ0v) is 14.0. The molecule has 0 saturated carbocycles. The molecule has 3 nitrogen and oxygen atoms in total. The lowest BCUT2D eigenvalue weighted by Crippen LogP contribution is -2.49. The summed E-state index contributed by atoms with van der Waals surface area (Å²) in [5.74, 6) is -0.0361. The van der Waals surface area contributed by atoms with Crippen molar-refractivity contribution in [3.8, 4) is 0 Å². The Balaban J connectivity index is 2.13. The fourth-order valence-electron chi connectivity index (χ4n) is 3.25. The molecule has 1 aliphatic heterocycles. The molecule has 0 aliphatic carbocycles. The normalized spacial score (nSPS) is 20.7. The van der Waals surface area contributed by atoms with Crippen molar-refractivity contribution in [2.24, 2.45) is 0 Å². The van der Waals surface area contributed by atoms with E-state index in [0.29, 0.717) is 11.5 Å². The van der Waals surface area contributed by atoms with E-state index in [0.717, 1.165) is 24.1 Å². The number of hydrogen-bond donors (Lipinski definition) is 1. The lowest BCUT2D eigenvalue weighted by Gasteiger charge is -2.37. The Morgan fingerprint density at radius 1 is 1.04 bits per heavy atom. The van der Waals surface area contributed by atoms with Crippen LogP contribution in [0.3, 0.4) is 0 Å². The number of hydrogen-bond acceptors (Lipinski definition) is 2. The van der Waals surface area contributed by atoms with Crippen molar-refractivity contribution in [2.75, 3.05) is 6.54 Å². The quantitative estimate of drug-likeness (QED) is 0.857. The van der Waals surface area contributed by atoms with Gasteiger partial charge < -0.3 is 10.2 Å². The first-order valence-corrected chi connectivity index (χ1v) is 8.32. The molecule has 1 amide bonds. The summed E-state index contributed by atoms with van der Waals surface area (Å²) < 4.78 is 0. The SMILES string of the molecule is CCCN1C(=S)NC(=O)C1(Cc1ccccc1)c1ccccc1. The Bertz CT molecular complexity index is 702. The van der Waals surface area contributed by atoms with Gasteiger partial charge in [0.2, 0.25) is 0 Å². The summed E-state index contributed by atoms with van der Waals surface area (Å²) in [4.78, 5) is 15.0. The van der Waals surface area contributed by atoms with Crippen LogP contribution in [0.25, 0.3) is 0 Å². The van der Waals surface area contributed by atoms with Gasteiger partial charge in [0.05, 0.1) is 0 Å². The van der Waals surface area contributed by atoms with Crippen LogP contribution in [0.4, 0.5) is 0 Å². The van der Waals surface area contributed by atoms with Crippen LogP contribution in [0.1, 0.15) is 24.5 Å². The number of nitrogens with one attached hydrogen (secondary N) is 1. The maximum absolute atomic E-state index is 13.0. The largest absolute Gasteiger partial charge is 0.330 e. The smallest absolute Gasteiger partial charge is 0.257 e. The summed E-state index contributed by atoms with van der Waals surface area (Å²) in [7, 11) is 0. The van der Waals surface area contributed by atoms with Gasteiger partial charge >= 0.3 is 0 Å². The monoisotopic (exact) mass is 324 g/mol. The third-order valence-corrected chi connectivity index (χ3v) is 4.63.